The zero-order chi connectivity index (χ0) is 18.0. The molecule has 142 valence electrons. The van der Waals surface area contributed by atoms with Crippen molar-refractivity contribution in [1.29, 1.82) is 0 Å². The van der Waals surface area contributed by atoms with Gasteiger partial charge in [-0.3, -0.25) is 9.59 Å². The van der Waals surface area contributed by atoms with E-state index in [9.17, 15) is 22.4 Å². The molecule has 3 atom stereocenters. The number of carbonyl (C=O) groups is 2. The lowest BCUT2D eigenvalue weighted by Crippen LogP contribution is -2.52. The fourth-order valence-electron chi connectivity index (χ4n) is 3.31. The molecule has 0 aromatic rings. The van der Waals surface area contributed by atoms with Crippen LogP contribution in [0.3, 0.4) is 0 Å². The second-order valence-corrected chi connectivity index (χ2v) is 9.49. The first-order valence-corrected chi connectivity index (χ1v) is 11.0. The van der Waals surface area contributed by atoms with E-state index in [4.69, 9.17) is 0 Å². The summed E-state index contributed by atoms with van der Waals surface area (Å²) >= 11 is 1.72. The van der Waals surface area contributed by atoms with Crippen LogP contribution in [0.25, 0.3) is 0 Å². The Balaban J connectivity index is 1.52. The highest BCUT2D eigenvalue weighted by atomic mass is 32.2. The highest BCUT2D eigenvalue weighted by Gasteiger charge is 2.39. The minimum absolute atomic E-state index is 0.0193. The lowest BCUT2D eigenvalue weighted by Gasteiger charge is -2.26. The van der Waals surface area contributed by atoms with E-state index >= 15 is 0 Å². The number of nitrogens with one attached hydrogen (secondary N) is 2. The SMILES string of the molecule is O=C(CN1CCCNS1(=O)=O)N[C@@H]1CN(C(=O)C2CCSC2)C[C@@H]1F. The first kappa shape index (κ1) is 18.9. The zero-order valence-electron chi connectivity index (χ0n) is 13.8. The van der Waals surface area contributed by atoms with E-state index in [1.807, 2.05) is 0 Å². The molecule has 0 radical (unpaired) electrons. The fraction of sp³-hybridized carbons (Fsp3) is 0.857. The standard InChI is InChI=1S/C14H23FN4O4S2/c15-11-6-18(14(21)10-2-5-24-9-10)7-12(11)17-13(20)8-19-4-1-3-16-25(19,22)23/h10-12,16H,1-9H2,(H,17,20)/t10?,11-,12+/m0/s1. The molecule has 2 N–H and O–H groups in total. The Kier molecular flexibility index (Phi) is 5.86. The van der Waals surface area contributed by atoms with Crippen molar-refractivity contribution in [3.63, 3.8) is 0 Å². The van der Waals surface area contributed by atoms with E-state index in [2.05, 4.69) is 10.0 Å². The van der Waals surface area contributed by atoms with Crippen LogP contribution in [-0.2, 0) is 19.8 Å². The highest BCUT2D eigenvalue weighted by molar-refractivity contribution is 7.99. The van der Waals surface area contributed by atoms with Crippen LogP contribution in [-0.4, -0.2) is 85.9 Å². The van der Waals surface area contributed by atoms with E-state index in [-0.39, 0.29) is 38.0 Å². The third kappa shape index (κ3) is 4.44. The number of rotatable bonds is 4. The molecular formula is C14H23FN4O4S2. The van der Waals surface area contributed by atoms with Gasteiger partial charge in [0.1, 0.15) is 6.17 Å². The summed E-state index contributed by atoms with van der Waals surface area (Å²) in [5.41, 5.74) is 0. The maximum atomic E-state index is 14.2. The Hall–Kier alpha value is -0.910. The smallest absolute Gasteiger partial charge is 0.279 e. The molecule has 1 unspecified atom stereocenters. The van der Waals surface area contributed by atoms with Gasteiger partial charge < -0.3 is 10.2 Å². The number of carbonyl (C=O) groups excluding carboxylic acids is 2. The number of hydrogen-bond donors (Lipinski definition) is 2. The van der Waals surface area contributed by atoms with E-state index in [1.165, 1.54) is 4.90 Å². The Morgan fingerprint density at radius 2 is 2.12 bits per heavy atom. The first-order chi connectivity index (χ1) is 11.9. The summed E-state index contributed by atoms with van der Waals surface area (Å²) < 4.78 is 41.3. The second-order valence-electron chi connectivity index (χ2n) is 6.58. The van der Waals surface area contributed by atoms with Crippen LogP contribution in [0.15, 0.2) is 0 Å². The van der Waals surface area contributed by atoms with E-state index in [0.717, 1.165) is 22.2 Å². The molecule has 3 aliphatic rings. The van der Waals surface area contributed by atoms with Crippen molar-refractivity contribution in [3.8, 4) is 0 Å². The minimum atomic E-state index is -3.64. The Morgan fingerprint density at radius 3 is 2.80 bits per heavy atom. The Bertz CT molecular complexity index is 626. The van der Waals surface area contributed by atoms with Gasteiger partial charge in [0.2, 0.25) is 11.8 Å². The molecule has 2 amide bonds. The number of alkyl halides is 1. The molecular weight excluding hydrogens is 371 g/mol. The molecule has 3 fully saturated rings. The topological polar surface area (TPSA) is 98.8 Å². The van der Waals surface area contributed by atoms with Crippen LogP contribution in [0.2, 0.25) is 0 Å². The Morgan fingerprint density at radius 1 is 1.32 bits per heavy atom. The molecule has 8 nitrogen and oxygen atoms in total. The number of likely N-dealkylation sites (tertiary alicyclic amines) is 1. The summed E-state index contributed by atoms with van der Waals surface area (Å²) in [6, 6.07) is -0.786. The van der Waals surface area contributed by atoms with Gasteiger partial charge in [-0.1, -0.05) is 0 Å². The average molecular weight is 394 g/mol. The number of hydrogen-bond acceptors (Lipinski definition) is 5. The van der Waals surface area contributed by atoms with Crippen LogP contribution in [0.1, 0.15) is 12.8 Å². The molecule has 0 aromatic carbocycles. The van der Waals surface area contributed by atoms with Crippen molar-refractivity contribution in [1.82, 2.24) is 19.2 Å². The molecule has 0 aromatic heterocycles. The predicted molar refractivity (Wildman–Crippen MR) is 92.0 cm³/mol. The van der Waals surface area contributed by atoms with Gasteiger partial charge in [0, 0.05) is 31.3 Å². The number of amides is 2. The van der Waals surface area contributed by atoms with Crippen LogP contribution < -0.4 is 10.0 Å². The Labute approximate surface area is 151 Å². The number of thioether (sulfide) groups is 1. The highest BCUT2D eigenvalue weighted by Crippen LogP contribution is 2.27. The van der Waals surface area contributed by atoms with Crippen molar-refractivity contribution < 1.29 is 22.4 Å². The third-order valence-electron chi connectivity index (χ3n) is 4.71. The van der Waals surface area contributed by atoms with Crippen molar-refractivity contribution in [2.75, 3.05) is 44.2 Å². The van der Waals surface area contributed by atoms with E-state index < -0.39 is 28.3 Å². The molecule has 0 spiro atoms. The van der Waals surface area contributed by atoms with Crippen LogP contribution in [0.4, 0.5) is 4.39 Å². The molecule has 11 heteroatoms. The third-order valence-corrected chi connectivity index (χ3v) is 7.44. The summed E-state index contributed by atoms with van der Waals surface area (Å²) in [7, 11) is -3.64. The number of halogens is 1. The van der Waals surface area contributed by atoms with Gasteiger partial charge in [-0.2, -0.15) is 24.5 Å². The molecule has 3 aliphatic heterocycles. The first-order valence-electron chi connectivity index (χ1n) is 8.41. The lowest BCUT2D eigenvalue weighted by atomic mass is 10.1. The minimum Gasteiger partial charge on any atom is -0.347 e. The van der Waals surface area contributed by atoms with Gasteiger partial charge in [0.15, 0.2) is 0 Å². The second kappa shape index (κ2) is 7.77. The summed E-state index contributed by atoms with van der Waals surface area (Å²) in [6.07, 6.45) is 0.0926. The summed E-state index contributed by atoms with van der Waals surface area (Å²) in [6.45, 7) is 0.390. The van der Waals surface area contributed by atoms with E-state index in [1.54, 1.807) is 11.8 Å². The molecule has 3 rings (SSSR count). The van der Waals surface area contributed by atoms with E-state index in [0.29, 0.717) is 13.0 Å². The summed E-state index contributed by atoms with van der Waals surface area (Å²) in [5.74, 6) is 1.05. The van der Waals surface area contributed by atoms with Gasteiger partial charge in [0.25, 0.3) is 10.2 Å². The monoisotopic (exact) mass is 394 g/mol. The summed E-state index contributed by atoms with van der Waals surface area (Å²) in [4.78, 5) is 26.0. The molecule has 0 aliphatic carbocycles. The lowest BCUT2D eigenvalue weighted by molar-refractivity contribution is -0.134. The fourth-order valence-corrected chi connectivity index (χ4v) is 5.77. The van der Waals surface area contributed by atoms with Gasteiger partial charge in [-0.05, 0) is 18.6 Å². The number of nitrogens with zero attached hydrogens (tertiary/aromatic N) is 2. The zero-order valence-corrected chi connectivity index (χ0v) is 15.5. The van der Waals surface area contributed by atoms with Crippen LogP contribution in [0.5, 0.6) is 0 Å². The van der Waals surface area contributed by atoms with Gasteiger partial charge >= 0.3 is 0 Å². The molecule has 0 bridgehead atoms. The van der Waals surface area contributed by atoms with Crippen molar-refractivity contribution in [2.24, 2.45) is 5.92 Å². The van der Waals surface area contributed by atoms with Crippen LogP contribution >= 0.6 is 11.8 Å². The van der Waals surface area contributed by atoms with Crippen molar-refractivity contribution >= 4 is 33.8 Å². The van der Waals surface area contributed by atoms with Crippen molar-refractivity contribution in [2.45, 2.75) is 25.1 Å². The summed E-state index contributed by atoms with van der Waals surface area (Å²) in [5, 5.41) is 2.54. The maximum absolute atomic E-state index is 14.2. The van der Waals surface area contributed by atoms with Crippen LogP contribution in [0, 0.1) is 5.92 Å². The molecule has 0 saturated carbocycles. The normalized spacial score (nSPS) is 32.7. The quantitative estimate of drug-likeness (QED) is 0.634. The van der Waals surface area contributed by atoms with Gasteiger partial charge in [-0.15, -0.1) is 0 Å². The molecule has 25 heavy (non-hydrogen) atoms. The average Bonchev–Trinajstić information content (AvgIpc) is 3.19. The predicted octanol–water partition coefficient (Wildman–Crippen LogP) is -1.06. The van der Waals surface area contributed by atoms with Gasteiger partial charge in [0.05, 0.1) is 19.1 Å². The molecule has 3 saturated heterocycles. The van der Waals surface area contributed by atoms with Gasteiger partial charge in [-0.25, -0.2) is 9.11 Å². The largest absolute Gasteiger partial charge is 0.347 e. The van der Waals surface area contributed by atoms with Crippen molar-refractivity contribution in [3.05, 3.63) is 0 Å². The molecule has 3 heterocycles. The maximum Gasteiger partial charge on any atom is 0.279 e.